The van der Waals surface area contributed by atoms with Crippen molar-refractivity contribution in [3.05, 3.63) is 107 Å². The number of aryl methyl sites for hydroxylation is 1. The second-order valence-electron chi connectivity index (χ2n) is 9.44. The minimum Gasteiger partial charge on any atom is -0.495 e. The van der Waals surface area contributed by atoms with Crippen molar-refractivity contribution in [2.75, 3.05) is 25.5 Å². The maximum Gasteiger partial charge on any atom is 0.170 e. The maximum atomic E-state index is 6.40. The van der Waals surface area contributed by atoms with E-state index < -0.39 is 0 Å². The Kier molecular flexibility index (Phi) is 7.86. The van der Waals surface area contributed by atoms with Gasteiger partial charge < -0.3 is 24.8 Å². The van der Waals surface area contributed by atoms with Gasteiger partial charge in [0.1, 0.15) is 5.75 Å². The molecule has 0 spiro atoms. The number of methoxy groups -OCH3 is 1. The molecule has 4 aromatic rings. The number of hydrogen-bond acceptors (Lipinski definition) is 4. The van der Waals surface area contributed by atoms with Crippen LogP contribution in [0.15, 0.2) is 79.0 Å². The van der Waals surface area contributed by atoms with Crippen molar-refractivity contribution in [2.45, 2.75) is 32.4 Å². The molecule has 0 radical (unpaired) electrons. The van der Waals surface area contributed by atoms with Crippen molar-refractivity contribution in [1.29, 1.82) is 0 Å². The average Bonchev–Trinajstić information content (AvgIpc) is 3.41. The van der Waals surface area contributed by atoms with Gasteiger partial charge in [0.05, 0.1) is 30.6 Å². The van der Waals surface area contributed by atoms with Crippen LogP contribution < -0.4 is 15.4 Å². The van der Waals surface area contributed by atoms with Crippen LogP contribution in [0.2, 0.25) is 5.02 Å². The van der Waals surface area contributed by atoms with E-state index in [1.165, 1.54) is 5.56 Å². The molecule has 0 unspecified atom stereocenters. The monoisotopic (exact) mass is 545 g/mol. The van der Waals surface area contributed by atoms with Crippen LogP contribution in [0.5, 0.6) is 5.75 Å². The number of hydrogen-bond donors (Lipinski definition) is 2. The van der Waals surface area contributed by atoms with Crippen molar-refractivity contribution < 1.29 is 4.74 Å². The van der Waals surface area contributed by atoms with Gasteiger partial charge in [-0.1, -0.05) is 35.9 Å². The van der Waals surface area contributed by atoms with E-state index in [1.54, 1.807) is 7.11 Å². The zero-order chi connectivity index (χ0) is 26.6. The summed E-state index contributed by atoms with van der Waals surface area (Å²) in [6.07, 6.45) is 2.77. The largest absolute Gasteiger partial charge is 0.495 e. The van der Waals surface area contributed by atoms with Gasteiger partial charge in [-0.05, 0) is 86.6 Å². The predicted octanol–water partition coefficient (Wildman–Crippen LogP) is 6.63. The zero-order valence-corrected chi connectivity index (χ0v) is 23.4. The first-order valence-corrected chi connectivity index (χ1v) is 13.6. The molecule has 0 bridgehead atoms. The molecule has 1 aliphatic heterocycles. The number of ether oxygens (including phenoxy) is 1. The first-order chi connectivity index (χ1) is 18.5. The smallest absolute Gasteiger partial charge is 0.170 e. The lowest BCUT2D eigenvalue weighted by Gasteiger charge is -2.28. The quantitative estimate of drug-likeness (QED) is 0.182. The van der Waals surface area contributed by atoms with Crippen LogP contribution in [0.3, 0.4) is 0 Å². The number of aromatic nitrogens is 2. The van der Waals surface area contributed by atoms with E-state index in [-0.39, 0.29) is 12.1 Å². The second kappa shape index (κ2) is 11.5. The van der Waals surface area contributed by atoms with Gasteiger partial charge >= 0.3 is 0 Å². The van der Waals surface area contributed by atoms with Crippen LogP contribution in [-0.4, -0.2) is 39.8 Å². The van der Waals surface area contributed by atoms with Gasteiger partial charge in [0.25, 0.3) is 0 Å². The zero-order valence-electron chi connectivity index (χ0n) is 21.8. The molecule has 1 aliphatic rings. The lowest BCUT2D eigenvalue weighted by molar-refractivity contribution is 0.315. The number of benzene rings is 2. The number of para-hydroxylation sites is 1. The number of halogens is 1. The summed E-state index contributed by atoms with van der Waals surface area (Å²) >= 11 is 12.3. The maximum absolute atomic E-state index is 6.40. The molecule has 1 saturated heterocycles. The molecule has 0 aliphatic carbocycles. The molecule has 196 valence electrons. The minimum absolute atomic E-state index is 0.0146. The van der Waals surface area contributed by atoms with Crippen molar-refractivity contribution in [1.82, 2.24) is 19.8 Å². The Morgan fingerprint density at radius 3 is 2.58 bits per heavy atom. The van der Waals surface area contributed by atoms with E-state index in [1.807, 2.05) is 54.7 Å². The van der Waals surface area contributed by atoms with E-state index in [2.05, 4.69) is 58.2 Å². The molecule has 8 heteroatoms. The second-order valence-corrected chi connectivity index (χ2v) is 10.3. The topological polar surface area (TPSA) is 54.4 Å². The molecule has 2 atom stereocenters. The minimum atomic E-state index is -0.0685. The Hall–Kier alpha value is -3.55. The Morgan fingerprint density at radius 1 is 1.05 bits per heavy atom. The lowest BCUT2D eigenvalue weighted by atomic mass is 9.96. The van der Waals surface area contributed by atoms with Gasteiger partial charge in [-0.25, -0.2) is 0 Å². The lowest BCUT2D eigenvalue weighted by Crippen LogP contribution is -2.31. The summed E-state index contributed by atoms with van der Waals surface area (Å²) in [6.45, 7) is 5.92. The molecular weight excluding hydrogens is 514 g/mol. The summed E-state index contributed by atoms with van der Waals surface area (Å²) in [5.41, 5.74) is 6.42. The SMILES string of the molecule is COc1ccc(Cl)cc1-n1c(C)cc([C@@H]2[C@@H](c3ccccn3)NC(=S)N2CCCNc2ccccc2)c1C. The van der Waals surface area contributed by atoms with E-state index >= 15 is 0 Å². The summed E-state index contributed by atoms with van der Waals surface area (Å²) < 4.78 is 7.90. The molecule has 0 saturated carbocycles. The van der Waals surface area contributed by atoms with Crippen LogP contribution in [0.4, 0.5) is 5.69 Å². The number of nitrogens with zero attached hydrogens (tertiary/aromatic N) is 3. The summed E-state index contributed by atoms with van der Waals surface area (Å²) in [4.78, 5) is 7.00. The molecule has 6 nitrogen and oxygen atoms in total. The Morgan fingerprint density at radius 2 is 1.84 bits per heavy atom. The van der Waals surface area contributed by atoms with Crippen LogP contribution in [0.1, 0.15) is 41.1 Å². The van der Waals surface area contributed by atoms with Gasteiger partial charge in [-0.15, -0.1) is 0 Å². The fourth-order valence-corrected chi connectivity index (χ4v) is 5.82. The molecule has 0 amide bonds. The van der Waals surface area contributed by atoms with Crippen molar-refractivity contribution >= 4 is 34.6 Å². The summed E-state index contributed by atoms with van der Waals surface area (Å²) in [5.74, 6) is 0.771. The molecule has 1 fully saturated rings. The molecule has 2 aromatic heterocycles. The molecule has 2 N–H and O–H groups in total. The predicted molar refractivity (Wildman–Crippen MR) is 159 cm³/mol. The standard InChI is InChI=1S/C30H32ClN5OS/c1-20-18-24(21(2)36(20)26-19-22(31)13-14-27(26)37-3)29-28(25-12-7-8-15-33-25)34-30(38)35(29)17-9-16-32-23-10-5-4-6-11-23/h4-8,10-15,18-19,28-29,32H,9,16-17H2,1-3H3,(H,34,38)/t28-,29-/m1/s1. The Bertz CT molecular complexity index is 1410. The van der Waals surface area contributed by atoms with Crippen molar-refractivity contribution in [2.24, 2.45) is 0 Å². The highest BCUT2D eigenvalue weighted by Gasteiger charge is 2.41. The van der Waals surface area contributed by atoms with Crippen LogP contribution >= 0.6 is 23.8 Å². The third-order valence-corrected chi connectivity index (χ3v) is 7.63. The number of nitrogens with one attached hydrogen (secondary N) is 2. The van der Waals surface area contributed by atoms with E-state index in [0.29, 0.717) is 5.02 Å². The Balaban J connectivity index is 1.49. The van der Waals surface area contributed by atoms with Crippen LogP contribution in [0.25, 0.3) is 5.69 Å². The third kappa shape index (κ3) is 5.22. The summed E-state index contributed by atoms with van der Waals surface area (Å²) in [5, 5.41) is 8.50. The average molecular weight is 546 g/mol. The van der Waals surface area contributed by atoms with E-state index in [0.717, 1.165) is 58.8 Å². The Labute approximate surface area is 234 Å². The summed E-state index contributed by atoms with van der Waals surface area (Å²) in [7, 11) is 1.68. The fraction of sp³-hybridized carbons (Fsp3) is 0.267. The van der Waals surface area contributed by atoms with Crippen LogP contribution in [-0.2, 0) is 0 Å². The molecule has 38 heavy (non-hydrogen) atoms. The van der Waals surface area contributed by atoms with Crippen molar-refractivity contribution in [3.8, 4) is 11.4 Å². The first kappa shape index (κ1) is 26.1. The van der Waals surface area contributed by atoms with Gasteiger partial charge in [0.2, 0.25) is 0 Å². The third-order valence-electron chi connectivity index (χ3n) is 7.05. The molecule has 5 rings (SSSR count). The highest BCUT2D eigenvalue weighted by Crippen LogP contribution is 2.42. The van der Waals surface area contributed by atoms with Crippen LogP contribution in [0, 0.1) is 13.8 Å². The van der Waals surface area contributed by atoms with Gasteiger partial charge in [-0.3, -0.25) is 4.98 Å². The number of pyridine rings is 1. The number of thiocarbonyl (C=S) groups is 1. The number of anilines is 1. The summed E-state index contributed by atoms with van der Waals surface area (Å²) in [6, 6.07) is 24.2. The van der Waals surface area contributed by atoms with Gasteiger partial charge in [0.15, 0.2) is 5.11 Å². The first-order valence-electron chi connectivity index (χ1n) is 12.8. The highest BCUT2D eigenvalue weighted by atomic mass is 35.5. The highest BCUT2D eigenvalue weighted by molar-refractivity contribution is 7.80. The van der Waals surface area contributed by atoms with Gasteiger partial charge in [0, 0.05) is 41.4 Å². The number of rotatable bonds is 9. The molecular formula is C30H32ClN5OS. The van der Waals surface area contributed by atoms with Gasteiger partial charge in [-0.2, -0.15) is 0 Å². The molecule has 3 heterocycles. The fourth-order valence-electron chi connectivity index (χ4n) is 5.32. The molecule has 2 aromatic carbocycles. The van der Waals surface area contributed by atoms with Crippen molar-refractivity contribution in [3.63, 3.8) is 0 Å². The normalized spacial score (nSPS) is 16.9. The van der Waals surface area contributed by atoms with E-state index in [9.17, 15) is 0 Å². The van der Waals surface area contributed by atoms with E-state index in [4.69, 9.17) is 33.5 Å².